The smallest absolute Gasteiger partial charge is 0.227 e. The largest absolute Gasteiger partial charge is 0.435 e. The molecule has 21 heavy (non-hydrogen) atoms. The molecule has 1 aliphatic carbocycles. The van der Waals surface area contributed by atoms with Crippen LogP contribution in [0.15, 0.2) is 18.2 Å². The fourth-order valence-corrected chi connectivity index (χ4v) is 2.03. The molecule has 2 aromatic rings. The number of rotatable bonds is 3. The molecule has 0 unspecified atom stereocenters. The molecule has 1 aromatic heterocycles. The molecule has 0 amide bonds. The Morgan fingerprint density at radius 3 is 2.76 bits per heavy atom. The molecule has 0 bridgehead atoms. The number of nitrogens with zero attached hydrogens (tertiary/aromatic N) is 3. The molecule has 1 heterocycles. The highest BCUT2D eigenvalue weighted by Gasteiger charge is 2.28. The van der Waals surface area contributed by atoms with E-state index in [0.29, 0.717) is 22.5 Å². The number of benzene rings is 1. The molecule has 1 saturated carbocycles. The summed E-state index contributed by atoms with van der Waals surface area (Å²) in [6.07, 6.45) is 2.06. The van der Waals surface area contributed by atoms with Crippen molar-refractivity contribution < 1.29 is 9.13 Å². The van der Waals surface area contributed by atoms with E-state index in [4.69, 9.17) is 21.6 Å². The van der Waals surface area contributed by atoms with Crippen molar-refractivity contribution in [1.82, 2.24) is 9.97 Å². The standard InChI is InChI=1S/C15H11ClFN3O/c1-8-13(16)19-14(10-3-4-10)20-15(8)21-12-5-2-9(7-18)6-11(12)17/h2,5-6,10H,3-4H2,1H3. The van der Waals surface area contributed by atoms with Crippen molar-refractivity contribution in [3.63, 3.8) is 0 Å². The zero-order valence-corrected chi connectivity index (χ0v) is 12.0. The number of nitriles is 1. The first-order chi connectivity index (χ1) is 10.1. The van der Waals surface area contributed by atoms with Gasteiger partial charge in [0, 0.05) is 11.5 Å². The van der Waals surface area contributed by atoms with Crippen LogP contribution in [-0.2, 0) is 0 Å². The minimum Gasteiger partial charge on any atom is -0.435 e. The number of aromatic nitrogens is 2. The van der Waals surface area contributed by atoms with Gasteiger partial charge in [0.1, 0.15) is 11.0 Å². The molecule has 1 aromatic carbocycles. The Hall–Kier alpha value is -2.19. The Bertz CT molecular complexity index is 753. The van der Waals surface area contributed by atoms with Crippen LogP contribution in [0, 0.1) is 24.1 Å². The monoisotopic (exact) mass is 303 g/mol. The van der Waals surface area contributed by atoms with E-state index >= 15 is 0 Å². The quantitative estimate of drug-likeness (QED) is 0.800. The Labute approximate surface area is 126 Å². The fraction of sp³-hybridized carbons (Fsp3) is 0.267. The molecule has 6 heteroatoms. The Kier molecular flexibility index (Phi) is 3.48. The summed E-state index contributed by atoms with van der Waals surface area (Å²) in [5.74, 6) is 0.594. The summed E-state index contributed by atoms with van der Waals surface area (Å²) >= 11 is 6.08. The van der Waals surface area contributed by atoms with E-state index in [9.17, 15) is 4.39 Å². The molecule has 0 saturated heterocycles. The van der Waals surface area contributed by atoms with Crippen molar-refractivity contribution in [2.75, 3.05) is 0 Å². The predicted molar refractivity (Wildman–Crippen MR) is 74.9 cm³/mol. The number of halogens is 2. The van der Waals surface area contributed by atoms with Crippen LogP contribution in [0.2, 0.25) is 5.15 Å². The van der Waals surface area contributed by atoms with E-state index in [0.717, 1.165) is 18.9 Å². The van der Waals surface area contributed by atoms with Crippen molar-refractivity contribution in [2.45, 2.75) is 25.7 Å². The van der Waals surface area contributed by atoms with Crippen molar-refractivity contribution in [3.05, 3.63) is 46.1 Å². The molecule has 0 atom stereocenters. The molecule has 3 rings (SSSR count). The second-order valence-corrected chi connectivity index (χ2v) is 5.29. The summed E-state index contributed by atoms with van der Waals surface area (Å²) in [5, 5.41) is 9.05. The van der Waals surface area contributed by atoms with Crippen LogP contribution in [0.3, 0.4) is 0 Å². The van der Waals surface area contributed by atoms with Gasteiger partial charge in [0.2, 0.25) is 5.88 Å². The minimum absolute atomic E-state index is 0.00798. The SMILES string of the molecule is Cc1c(Cl)nc(C2CC2)nc1Oc1ccc(C#N)cc1F. The summed E-state index contributed by atoms with van der Waals surface area (Å²) in [6.45, 7) is 1.72. The third kappa shape index (κ3) is 2.81. The lowest BCUT2D eigenvalue weighted by Crippen LogP contribution is -2.01. The molecule has 0 spiro atoms. The van der Waals surface area contributed by atoms with Crippen LogP contribution in [0.25, 0.3) is 0 Å². The van der Waals surface area contributed by atoms with Gasteiger partial charge < -0.3 is 4.74 Å². The van der Waals surface area contributed by atoms with Gasteiger partial charge in [-0.25, -0.2) is 9.37 Å². The van der Waals surface area contributed by atoms with Gasteiger partial charge in [-0.3, -0.25) is 0 Å². The lowest BCUT2D eigenvalue weighted by Gasteiger charge is -2.11. The molecule has 0 N–H and O–H groups in total. The molecule has 1 fully saturated rings. The van der Waals surface area contributed by atoms with E-state index < -0.39 is 5.82 Å². The van der Waals surface area contributed by atoms with Gasteiger partial charge in [-0.1, -0.05) is 11.6 Å². The second kappa shape index (κ2) is 5.30. The molecule has 0 aliphatic heterocycles. The summed E-state index contributed by atoms with van der Waals surface area (Å²) < 4.78 is 19.4. The normalized spacial score (nSPS) is 13.8. The topological polar surface area (TPSA) is 58.8 Å². The predicted octanol–water partition coefficient (Wildman–Crippen LogP) is 4.12. The summed E-state index contributed by atoms with van der Waals surface area (Å²) in [4.78, 5) is 8.55. The highest BCUT2D eigenvalue weighted by atomic mass is 35.5. The maximum absolute atomic E-state index is 13.9. The lowest BCUT2D eigenvalue weighted by molar-refractivity contribution is 0.421. The second-order valence-electron chi connectivity index (χ2n) is 4.94. The van der Waals surface area contributed by atoms with Gasteiger partial charge in [-0.15, -0.1) is 0 Å². The summed E-state index contributed by atoms with van der Waals surface area (Å²) in [6, 6.07) is 5.88. The highest BCUT2D eigenvalue weighted by Crippen LogP contribution is 2.40. The van der Waals surface area contributed by atoms with Crippen LogP contribution < -0.4 is 4.74 Å². The first kappa shape index (κ1) is 13.8. The van der Waals surface area contributed by atoms with Crippen molar-refractivity contribution in [3.8, 4) is 17.7 Å². The number of hydrogen-bond acceptors (Lipinski definition) is 4. The zero-order valence-electron chi connectivity index (χ0n) is 11.2. The first-order valence-electron chi connectivity index (χ1n) is 6.50. The maximum atomic E-state index is 13.9. The van der Waals surface area contributed by atoms with Crippen LogP contribution in [0.5, 0.6) is 11.6 Å². The van der Waals surface area contributed by atoms with Crippen LogP contribution in [0.4, 0.5) is 4.39 Å². The summed E-state index contributed by atoms with van der Waals surface area (Å²) in [5.41, 5.74) is 0.792. The maximum Gasteiger partial charge on any atom is 0.227 e. The zero-order chi connectivity index (χ0) is 15.0. The molecular weight excluding hydrogens is 293 g/mol. The molecule has 106 valence electrons. The van der Waals surface area contributed by atoms with Gasteiger partial charge in [0.25, 0.3) is 0 Å². The Balaban J connectivity index is 1.96. The van der Waals surface area contributed by atoms with Crippen LogP contribution >= 0.6 is 11.6 Å². The van der Waals surface area contributed by atoms with E-state index in [-0.39, 0.29) is 17.2 Å². The minimum atomic E-state index is -0.615. The molecule has 4 nitrogen and oxygen atoms in total. The van der Waals surface area contributed by atoms with E-state index in [2.05, 4.69) is 9.97 Å². The van der Waals surface area contributed by atoms with Gasteiger partial charge in [-0.2, -0.15) is 10.2 Å². The average Bonchev–Trinajstić information content (AvgIpc) is 3.30. The third-order valence-electron chi connectivity index (χ3n) is 3.27. The van der Waals surface area contributed by atoms with Gasteiger partial charge >= 0.3 is 0 Å². The first-order valence-corrected chi connectivity index (χ1v) is 6.88. The lowest BCUT2D eigenvalue weighted by atomic mass is 10.2. The Morgan fingerprint density at radius 2 is 2.14 bits per heavy atom. The molecule has 1 aliphatic rings. The van der Waals surface area contributed by atoms with Crippen molar-refractivity contribution in [1.29, 1.82) is 5.26 Å². The van der Waals surface area contributed by atoms with Crippen molar-refractivity contribution >= 4 is 11.6 Å². The van der Waals surface area contributed by atoms with Gasteiger partial charge in [-0.05, 0) is 38.0 Å². The molecule has 0 radical (unpaired) electrons. The van der Waals surface area contributed by atoms with E-state index in [1.807, 2.05) is 6.07 Å². The van der Waals surface area contributed by atoms with Gasteiger partial charge in [0.05, 0.1) is 11.6 Å². The third-order valence-corrected chi connectivity index (χ3v) is 3.64. The van der Waals surface area contributed by atoms with E-state index in [1.54, 1.807) is 6.92 Å². The van der Waals surface area contributed by atoms with Crippen LogP contribution in [-0.4, -0.2) is 9.97 Å². The number of hydrogen-bond donors (Lipinski definition) is 0. The van der Waals surface area contributed by atoms with Gasteiger partial charge in [0.15, 0.2) is 11.6 Å². The van der Waals surface area contributed by atoms with E-state index in [1.165, 1.54) is 12.1 Å². The fourth-order valence-electron chi connectivity index (χ4n) is 1.87. The Morgan fingerprint density at radius 1 is 1.38 bits per heavy atom. The average molecular weight is 304 g/mol. The highest BCUT2D eigenvalue weighted by molar-refractivity contribution is 6.30. The number of ether oxygens (including phenoxy) is 1. The van der Waals surface area contributed by atoms with Crippen molar-refractivity contribution in [2.24, 2.45) is 0 Å². The summed E-state index contributed by atoms with van der Waals surface area (Å²) in [7, 11) is 0. The van der Waals surface area contributed by atoms with Crippen LogP contribution in [0.1, 0.15) is 35.7 Å². The molecular formula is C15H11ClFN3O.